The monoisotopic (exact) mass is 499 g/mol. The zero-order chi connectivity index (χ0) is 23.9. The van der Waals surface area contributed by atoms with E-state index in [1.54, 1.807) is 17.4 Å². The number of ketones is 1. The van der Waals surface area contributed by atoms with Gasteiger partial charge in [-0.25, -0.2) is 4.98 Å². The highest BCUT2D eigenvalue weighted by Crippen LogP contribution is 2.34. The molecule has 0 amide bonds. The molecule has 34 heavy (non-hydrogen) atoms. The molecule has 0 unspecified atom stereocenters. The van der Waals surface area contributed by atoms with Crippen LogP contribution < -0.4 is 5.73 Å². The maximum absolute atomic E-state index is 12.5. The first-order valence-electron chi connectivity index (χ1n) is 12.9. The van der Waals surface area contributed by atoms with Crippen LogP contribution in [-0.4, -0.2) is 34.8 Å². The summed E-state index contributed by atoms with van der Waals surface area (Å²) in [5.41, 5.74) is 8.21. The number of nitrogens with two attached hydrogens (primary N) is 1. The molecule has 1 saturated carbocycles. The summed E-state index contributed by atoms with van der Waals surface area (Å²) in [7, 11) is 0. The van der Waals surface area contributed by atoms with Crippen molar-refractivity contribution in [2.75, 3.05) is 18.8 Å². The zero-order valence-corrected chi connectivity index (χ0v) is 21.9. The van der Waals surface area contributed by atoms with Crippen molar-refractivity contribution >= 4 is 39.9 Å². The maximum Gasteiger partial charge on any atom is 0.180 e. The van der Waals surface area contributed by atoms with Crippen LogP contribution in [0.5, 0.6) is 0 Å². The van der Waals surface area contributed by atoms with Gasteiger partial charge in [-0.1, -0.05) is 49.6 Å². The van der Waals surface area contributed by atoms with Crippen LogP contribution in [0.25, 0.3) is 6.08 Å². The summed E-state index contributed by atoms with van der Waals surface area (Å²) in [5, 5.41) is 1.44. The molecule has 6 heteroatoms. The summed E-state index contributed by atoms with van der Waals surface area (Å²) in [6.45, 7) is 4.66. The number of carbonyl (C=O) groups excluding carboxylic acids is 1. The molecule has 1 aromatic carbocycles. The van der Waals surface area contributed by atoms with Crippen LogP contribution in [0.2, 0.25) is 5.02 Å². The lowest BCUT2D eigenvalue weighted by atomic mass is 9.78. The van der Waals surface area contributed by atoms with E-state index in [4.69, 9.17) is 17.3 Å². The number of allylic oxidation sites excluding steroid dienone is 1. The molecule has 184 valence electrons. The first-order valence-corrected chi connectivity index (χ1v) is 14.1. The van der Waals surface area contributed by atoms with Crippen LogP contribution in [0.4, 0.5) is 5.13 Å². The van der Waals surface area contributed by atoms with Gasteiger partial charge >= 0.3 is 0 Å². The molecule has 0 saturated heterocycles. The normalized spacial score (nSPS) is 22.9. The van der Waals surface area contributed by atoms with Gasteiger partial charge < -0.3 is 10.6 Å². The number of anilines is 1. The fraction of sp³-hybridized carbons (Fsp3) is 0.571. The maximum atomic E-state index is 12.5. The SMILES string of the molecule is CCCN(CCC1CCC(CC(=O)/C=C/c2ccc(Cl)cc2)CC1)[C@H]1CCc2nc(N)sc2C1. The highest BCUT2D eigenvalue weighted by Gasteiger charge is 2.28. The zero-order valence-electron chi connectivity index (χ0n) is 20.3. The van der Waals surface area contributed by atoms with Crippen molar-refractivity contribution in [1.29, 1.82) is 0 Å². The van der Waals surface area contributed by atoms with E-state index in [0.717, 1.165) is 34.5 Å². The molecule has 4 nitrogen and oxygen atoms in total. The molecule has 0 spiro atoms. The third-order valence-electron chi connectivity index (χ3n) is 7.57. The fourth-order valence-corrected chi connectivity index (χ4v) is 6.72. The van der Waals surface area contributed by atoms with Crippen LogP contribution in [0.1, 0.15) is 74.4 Å². The molecule has 2 aliphatic carbocycles. The topological polar surface area (TPSA) is 59.2 Å². The Labute approximate surface area is 213 Å². The average Bonchev–Trinajstić information content (AvgIpc) is 3.21. The molecular weight excluding hydrogens is 462 g/mol. The minimum absolute atomic E-state index is 0.243. The van der Waals surface area contributed by atoms with Gasteiger partial charge in [0.25, 0.3) is 0 Å². The smallest absolute Gasteiger partial charge is 0.180 e. The van der Waals surface area contributed by atoms with Gasteiger partial charge in [0.2, 0.25) is 0 Å². The van der Waals surface area contributed by atoms with Gasteiger partial charge in [0.1, 0.15) is 0 Å². The summed E-state index contributed by atoms with van der Waals surface area (Å²) in [4.78, 5) is 21.1. The first-order chi connectivity index (χ1) is 16.5. The summed E-state index contributed by atoms with van der Waals surface area (Å²) in [6.07, 6.45) is 15.1. The van der Waals surface area contributed by atoms with Gasteiger partial charge in [-0.05, 0) is 93.6 Å². The Balaban J connectivity index is 1.19. The van der Waals surface area contributed by atoms with Crippen molar-refractivity contribution in [1.82, 2.24) is 9.88 Å². The second-order valence-electron chi connectivity index (χ2n) is 10.1. The Bertz CT molecular complexity index is 963. The lowest BCUT2D eigenvalue weighted by Gasteiger charge is -2.36. The highest BCUT2D eigenvalue weighted by atomic mass is 35.5. The number of halogens is 1. The number of hydrogen-bond acceptors (Lipinski definition) is 5. The quantitative estimate of drug-likeness (QED) is 0.364. The van der Waals surface area contributed by atoms with Gasteiger partial charge in [0.05, 0.1) is 5.69 Å². The van der Waals surface area contributed by atoms with Gasteiger partial charge in [-0.15, -0.1) is 11.3 Å². The number of aryl methyl sites for hydroxylation is 1. The van der Waals surface area contributed by atoms with Crippen LogP contribution in [0.3, 0.4) is 0 Å². The van der Waals surface area contributed by atoms with Crippen molar-refractivity contribution in [2.24, 2.45) is 11.8 Å². The van der Waals surface area contributed by atoms with Gasteiger partial charge in [0, 0.05) is 22.4 Å². The number of benzene rings is 1. The Hall–Kier alpha value is -1.69. The van der Waals surface area contributed by atoms with E-state index in [2.05, 4.69) is 16.8 Å². The van der Waals surface area contributed by atoms with Crippen LogP contribution >= 0.6 is 22.9 Å². The summed E-state index contributed by atoms with van der Waals surface area (Å²) >= 11 is 7.61. The van der Waals surface area contributed by atoms with Crippen molar-refractivity contribution in [3.05, 3.63) is 51.5 Å². The van der Waals surface area contributed by atoms with Crippen LogP contribution in [0.15, 0.2) is 30.3 Å². The number of carbonyl (C=O) groups is 1. The number of thiazole rings is 1. The van der Waals surface area contributed by atoms with Crippen LogP contribution in [-0.2, 0) is 17.6 Å². The molecule has 2 aromatic rings. The minimum Gasteiger partial charge on any atom is -0.375 e. The molecule has 0 radical (unpaired) electrons. The van der Waals surface area contributed by atoms with E-state index >= 15 is 0 Å². The number of nitrogen functional groups attached to an aromatic ring is 1. The molecule has 1 atom stereocenters. The molecule has 0 bridgehead atoms. The number of nitrogens with zero attached hydrogens (tertiary/aromatic N) is 2. The van der Waals surface area contributed by atoms with Crippen molar-refractivity contribution in [3.63, 3.8) is 0 Å². The molecule has 1 heterocycles. The van der Waals surface area contributed by atoms with Crippen molar-refractivity contribution < 1.29 is 4.79 Å². The molecule has 1 aromatic heterocycles. The predicted octanol–water partition coefficient (Wildman–Crippen LogP) is 6.82. The van der Waals surface area contributed by atoms with E-state index in [1.807, 2.05) is 30.3 Å². The number of fused-ring (bicyclic) bond motifs is 1. The molecule has 2 N–H and O–H groups in total. The summed E-state index contributed by atoms with van der Waals surface area (Å²) < 4.78 is 0. The fourth-order valence-electron chi connectivity index (χ4n) is 5.64. The predicted molar refractivity (Wildman–Crippen MR) is 144 cm³/mol. The Morgan fingerprint density at radius 3 is 2.62 bits per heavy atom. The number of rotatable bonds is 10. The molecule has 2 aliphatic rings. The average molecular weight is 500 g/mol. The van der Waals surface area contributed by atoms with Crippen LogP contribution in [0, 0.1) is 11.8 Å². The third-order valence-corrected chi connectivity index (χ3v) is 8.77. The lowest BCUT2D eigenvalue weighted by Crippen LogP contribution is -2.41. The summed E-state index contributed by atoms with van der Waals surface area (Å²) in [5.74, 6) is 1.58. The van der Waals surface area contributed by atoms with E-state index in [-0.39, 0.29) is 5.78 Å². The molecule has 4 rings (SSSR count). The Morgan fingerprint density at radius 2 is 1.88 bits per heavy atom. The third kappa shape index (κ3) is 7.16. The van der Waals surface area contributed by atoms with E-state index in [9.17, 15) is 4.79 Å². The van der Waals surface area contributed by atoms with E-state index in [0.29, 0.717) is 18.4 Å². The minimum atomic E-state index is 0.243. The molecular formula is C28H38ClN3OS. The van der Waals surface area contributed by atoms with Crippen molar-refractivity contribution in [2.45, 2.75) is 77.2 Å². The largest absolute Gasteiger partial charge is 0.375 e. The Morgan fingerprint density at radius 1 is 1.15 bits per heavy atom. The second kappa shape index (κ2) is 12.3. The lowest BCUT2D eigenvalue weighted by molar-refractivity contribution is -0.115. The standard InChI is InChI=1S/C28H38ClN3OS/c1-2-16-32(24-12-14-26-27(19-24)34-28(30)31-26)17-15-21-3-5-22(6-4-21)18-25(33)13-9-20-7-10-23(29)11-8-20/h7-11,13,21-22,24H,2-6,12,14-19H2,1H3,(H2,30,31)/b13-9+/t21?,22?,24-/m0/s1. The molecule has 0 aliphatic heterocycles. The van der Waals surface area contributed by atoms with Gasteiger partial charge in [-0.2, -0.15) is 0 Å². The van der Waals surface area contributed by atoms with E-state index < -0.39 is 0 Å². The van der Waals surface area contributed by atoms with Crippen molar-refractivity contribution in [3.8, 4) is 0 Å². The van der Waals surface area contributed by atoms with E-state index in [1.165, 1.54) is 68.6 Å². The second-order valence-corrected chi connectivity index (χ2v) is 11.6. The highest BCUT2D eigenvalue weighted by molar-refractivity contribution is 7.15. The number of aromatic nitrogens is 1. The number of hydrogen-bond donors (Lipinski definition) is 1. The van der Waals surface area contributed by atoms with Gasteiger partial charge in [-0.3, -0.25) is 4.79 Å². The Kier molecular flexibility index (Phi) is 9.21. The first kappa shape index (κ1) is 25.4. The molecule has 1 fully saturated rings. The van der Waals surface area contributed by atoms with Gasteiger partial charge in [0.15, 0.2) is 10.9 Å². The summed E-state index contributed by atoms with van der Waals surface area (Å²) in [6, 6.07) is 8.23.